The number of aryl methyl sites for hydroxylation is 2. The van der Waals surface area contributed by atoms with Gasteiger partial charge in [0.25, 0.3) is 0 Å². The van der Waals surface area contributed by atoms with E-state index in [1.165, 1.54) is 36.0 Å². The molecule has 1 aromatic carbocycles. The third-order valence-electron chi connectivity index (χ3n) is 4.95. The average Bonchev–Trinajstić information content (AvgIpc) is 3.18. The van der Waals surface area contributed by atoms with Crippen molar-refractivity contribution in [3.05, 3.63) is 33.3 Å². The number of likely N-dealkylation sites (tertiary alicyclic amines) is 1. The van der Waals surface area contributed by atoms with Crippen molar-refractivity contribution in [3.63, 3.8) is 0 Å². The molecule has 4 heteroatoms. The maximum atomic E-state index is 12.4. The van der Waals surface area contributed by atoms with Crippen molar-refractivity contribution in [2.45, 2.75) is 58.0 Å². The van der Waals surface area contributed by atoms with E-state index in [1.807, 2.05) is 0 Å². The lowest BCUT2D eigenvalue weighted by Crippen LogP contribution is -2.44. The molecule has 1 aromatic rings. The van der Waals surface area contributed by atoms with E-state index < -0.39 is 0 Å². The molecule has 1 saturated heterocycles. The van der Waals surface area contributed by atoms with Crippen molar-refractivity contribution in [2.24, 2.45) is 0 Å². The van der Waals surface area contributed by atoms with Crippen LogP contribution in [0, 0.1) is 13.8 Å². The summed E-state index contributed by atoms with van der Waals surface area (Å²) in [5.74, 6) is 0.233. The fourth-order valence-electron chi connectivity index (χ4n) is 3.68. The van der Waals surface area contributed by atoms with Crippen LogP contribution in [0.5, 0.6) is 0 Å². The Balaban J connectivity index is 1.53. The number of benzene rings is 1. The molecule has 1 atom stereocenters. The van der Waals surface area contributed by atoms with E-state index in [0.717, 1.165) is 30.4 Å². The Bertz CT molecular complexity index is 545. The van der Waals surface area contributed by atoms with Crippen LogP contribution in [0.4, 0.5) is 0 Å². The Hall–Kier alpha value is -0.870. The second-order valence-corrected chi connectivity index (χ2v) is 7.60. The highest BCUT2D eigenvalue weighted by molar-refractivity contribution is 9.10. The summed E-state index contributed by atoms with van der Waals surface area (Å²) in [7, 11) is 0. The summed E-state index contributed by atoms with van der Waals surface area (Å²) in [5, 5.41) is 3.16. The molecule has 2 aliphatic rings. The number of hydrogen-bond donors (Lipinski definition) is 1. The number of hydrogen-bond acceptors (Lipinski definition) is 2. The third kappa shape index (κ3) is 3.54. The van der Waals surface area contributed by atoms with E-state index in [1.54, 1.807) is 0 Å². The van der Waals surface area contributed by atoms with E-state index in [-0.39, 0.29) is 11.9 Å². The smallest absolute Gasteiger partial charge is 0.237 e. The highest BCUT2D eigenvalue weighted by Crippen LogP contribution is 2.33. The Morgan fingerprint density at radius 3 is 2.59 bits per heavy atom. The topological polar surface area (TPSA) is 32.3 Å². The SMILES string of the molecule is Cc1cc(Br)cc(C)c1CCNC(=O)C1CCCN1C1CC1. The minimum absolute atomic E-state index is 0.125. The molecule has 120 valence electrons. The molecule has 1 aliphatic heterocycles. The molecular weight excluding hydrogens is 340 g/mol. The van der Waals surface area contributed by atoms with Crippen LogP contribution < -0.4 is 5.32 Å². The first kappa shape index (κ1) is 16.0. The fraction of sp³-hybridized carbons (Fsp3) is 0.611. The lowest BCUT2D eigenvalue weighted by Gasteiger charge is -2.23. The number of rotatable bonds is 5. The quantitative estimate of drug-likeness (QED) is 0.868. The zero-order valence-electron chi connectivity index (χ0n) is 13.5. The molecular formula is C18H25BrN2O. The van der Waals surface area contributed by atoms with Crippen LogP contribution in [0.15, 0.2) is 16.6 Å². The van der Waals surface area contributed by atoms with Gasteiger partial charge in [0.15, 0.2) is 0 Å². The van der Waals surface area contributed by atoms with Crippen molar-refractivity contribution in [2.75, 3.05) is 13.1 Å². The van der Waals surface area contributed by atoms with E-state index in [2.05, 4.69) is 52.1 Å². The Labute approximate surface area is 141 Å². The lowest BCUT2D eigenvalue weighted by atomic mass is 10.00. The van der Waals surface area contributed by atoms with E-state index >= 15 is 0 Å². The van der Waals surface area contributed by atoms with Crippen molar-refractivity contribution in [1.29, 1.82) is 0 Å². The maximum Gasteiger partial charge on any atom is 0.237 e. The number of nitrogens with zero attached hydrogens (tertiary/aromatic N) is 1. The molecule has 1 aliphatic carbocycles. The highest BCUT2D eigenvalue weighted by atomic mass is 79.9. The Morgan fingerprint density at radius 2 is 1.95 bits per heavy atom. The van der Waals surface area contributed by atoms with Crippen LogP contribution in [-0.2, 0) is 11.2 Å². The average molecular weight is 365 g/mol. The van der Waals surface area contributed by atoms with Gasteiger partial charge in [-0.25, -0.2) is 0 Å². The predicted molar refractivity (Wildman–Crippen MR) is 93.1 cm³/mol. The second kappa shape index (κ2) is 6.71. The fourth-order valence-corrected chi connectivity index (χ4v) is 4.36. The Morgan fingerprint density at radius 1 is 1.27 bits per heavy atom. The predicted octanol–water partition coefficient (Wildman–Crippen LogP) is 3.35. The lowest BCUT2D eigenvalue weighted by molar-refractivity contribution is -0.125. The van der Waals surface area contributed by atoms with Crippen LogP contribution >= 0.6 is 15.9 Å². The van der Waals surface area contributed by atoms with Crippen LogP contribution in [0.1, 0.15) is 42.4 Å². The number of carbonyl (C=O) groups is 1. The summed E-state index contributed by atoms with van der Waals surface area (Å²) >= 11 is 3.53. The summed E-state index contributed by atoms with van der Waals surface area (Å²) in [6.45, 7) is 6.12. The van der Waals surface area contributed by atoms with Gasteiger partial charge in [0.2, 0.25) is 5.91 Å². The van der Waals surface area contributed by atoms with Crippen LogP contribution in [0.25, 0.3) is 0 Å². The first-order valence-corrected chi connectivity index (χ1v) is 9.14. The summed E-state index contributed by atoms with van der Waals surface area (Å²) in [4.78, 5) is 14.9. The molecule has 1 amide bonds. The molecule has 22 heavy (non-hydrogen) atoms. The van der Waals surface area contributed by atoms with Gasteiger partial charge in [0.05, 0.1) is 6.04 Å². The molecule has 2 fully saturated rings. The minimum atomic E-state index is 0.125. The van der Waals surface area contributed by atoms with Gasteiger partial charge >= 0.3 is 0 Å². The molecule has 0 radical (unpaired) electrons. The van der Waals surface area contributed by atoms with E-state index in [0.29, 0.717) is 6.04 Å². The van der Waals surface area contributed by atoms with Gasteiger partial charge in [-0.2, -0.15) is 0 Å². The maximum absolute atomic E-state index is 12.4. The number of amides is 1. The van der Waals surface area contributed by atoms with Gasteiger partial charge in [-0.15, -0.1) is 0 Å². The van der Waals surface area contributed by atoms with Crippen LogP contribution in [0.3, 0.4) is 0 Å². The van der Waals surface area contributed by atoms with Crippen molar-refractivity contribution in [1.82, 2.24) is 10.2 Å². The standard InChI is InChI=1S/C18H25BrN2O/c1-12-10-14(19)11-13(2)16(12)7-8-20-18(22)17-4-3-9-21(17)15-5-6-15/h10-11,15,17H,3-9H2,1-2H3,(H,20,22). The molecule has 1 heterocycles. The third-order valence-corrected chi connectivity index (χ3v) is 5.41. The summed E-state index contributed by atoms with van der Waals surface area (Å²) in [6, 6.07) is 5.11. The Kier molecular flexibility index (Phi) is 4.88. The molecule has 0 spiro atoms. The van der Waals surface area contributed by atoms with Crippen LogP contribution in [0.2, 0.25) is 0 Å². The van der Waals surface area contributed by atoms with Gasteiger partial charge in [-0.1, -0.05) is 15.9 Å². The van der Waals surface area contributed by atoms with Gasteiger partial charge in [0.1, 0.15) is 0 Å². The molecule has 3 nitrogen and oxygen atoms in total. The highest BCUT2D eigenvalue weighted by Gasteiger charge is 2.39. The van der Waals surface area contributed by atoms with E-state index in [4.69, 9.17) is 0 Å². The molecule has 0 aromatic heterocycles. The van der Waals surface area contributed by atoms with Crippen molar-refractivity contribution >= 4 is 21.8 Å². The molecule has 1 N–H and O–H groups in total. The molecule has 3 rings (SSSR count). The summed E-state index contributed by atoms with van der Waals surface area (Å²) in [6.07, 6.45) is 5.66. The van der Waals surface area contributed by atoms with Gasteiger partial charge in [0, 0.05) is 17.1 Å². The largest absolute Gasteiger partial charge is 0.354 e. The zero-order valence-corrected chi connectivity index (χ0v) is 15.1. The van der Waals surface area contributed by atoms with Gasteiger partial charge < -0.3 is 5.32 Å². The first-order chi connectivity index (χ1) is 10.6. The second-order valence-electron chi connectivity index (χ2n) is 6.69. The van der Waals surface area contributed by atoms with Crippen molar-refractivity contribution < 1.29 is 4.79 Å². The van der Waals surface area contributed by atoms with Gasteiger partial charge in [-0.3, -0.25) is 9.69 Å². The monoisotopic (exact) mass is 364 g/mol. The molecule has 0 bridgehead atoms. The minimum Gasteiger partial charge on any atom is -0.354 e. The summed E-state index contributed by atoms with van der Waals surface area (Å²) in [5.41, 5.74) is 3.94. The first-order valence-electron chi connectivity index (χ1n) is 8.35. The number of carbonyl (C=O) groups excluding carboxylic acids is 1. The number of halogens is 1. The zero-order chi connectivity index (χ0) is 15.7. The molecule has 1 unspecified atom stereocenters. The normalized spacial score (nSPS) is 22.0. The number of nitrogens with one attached hydrogen (secondary N) is 1. The summed E-state index contributed by atoms with van der Waals surface area (Å²) < 4.78 is 1.13. The van der Waals surface area contributed by atoms with E-state index in [9.17, 15) is 4.79 Å². The van der Waals surface area contributed by atoms with Gasteiger partial charge in [-0.05, 0) is 81.3 Å². The molecule has 1 saturated carbocycles. The van der Waals surface area contributed by atoms with Crippen molar-refractivity contribution in [3.8, 4) is 0 Å². The van der Waals surface area contributed by atoms with Crippen LogP contribution in [-0.4, -0.2) is 36.0 Å².